The number of hydrogen-bond acceptors (Lipinski definition) is 3. The second-order valence-electron chi connectivity index (χ2n) is 3.25. The number of ether oxygens (including phenoxy) is 1. The lowest BCUT2D eigenvalue weighted by molar-refractivity contribution is -0.147. The van der Waals surface area contributed by atoms with Gasteiger partial charge in [-0.1, -0.05) is 12.2 Å². The average molecular weight is 211 g/mol. The molecule has 0 aromatic heterocycles. The minimum absolute atomic E-state index is 0.118. The molecule has 0 aromatic rings. The molecule has 0 amide bonds. The Morgan fingerprint density at radius 1 is 1.47 bits per heavy atom. The van der Waals surface area contributed by atoms with E-state index in [0.717, 1.165) is 13.0 Å². The van der Waals surface area contributed by atoms with Gasteiger partial charge < -0.3 is 10.1 Å². The quantitative estimate of drug-likeness (QED) is 0.360. The maximum absolute atomic E-state index is 11.5. The van der Waals surface area contributed by atoms with Gasteiger partial charge in [0.15, 0.2) is 0 Å². The molecule has 0 heterocycles. The molecule has 0 saturated carbocycles. The van der Waals surface area contributed by atoms with E-state index in [9.17, 15) is 4.79 Å². The molecular weight excluding hydrogens is 190 g/mol. The van der Waals surface area contributed by atoms with Crippen molar-refractivity contribution in [3.05, 3.63) is 25.3 Å². The molecule has 0 spiro atoms. The molecule has 0 rings (SSSR count). The zero-order valence-electron chi connectivity index (χ0n) is 9.50. The Hall–Kier alpha value is -1.09. The van der Waals surface area contributed by atoms with Gasteiger partial charge >= 0.3 is 5.97 Å². The van der Waals surface area contributed by atoms with Gasteiger partial charge in [0.2, 0.25) is 0 Å². The van der Waals surface area contributed by atoms with Crippen molar-refractivity contribution in [2.75, 3.05) is 19.7 Å². The van der Waals surface area contributed by atoms with E-state index in [1.165, 1.54) is 0 Å². The number of hydrogen-bond donors (Lipinski definition) is 1. The Kier molecular flexibility index (Phi) is 8.78. The maximum atomic E-state index is 11.5. The third-order valence-corrected chi connectivity index (χ3v) is 1.99. The van der Waals surface area contributed by atoms with Crippen LogP contribution in [-0.4, -0.2) is 25.7 Å². The summed E-state index contributed by atoms with van der Waals surface area (Å²) in [5.74, 6) is -0.268. The molecule has 0 saturated heterocycles. The van der Waals surface area contributed by atoms with Crippen LogP contribution in [0.2, 0.25) is 0 Å². The van der Waals surface area contributed by atoms with Gasteiger partial charge in [-0.3, -0.25) is 4.79 Å². The fourth-order valence-electron chi connectivity index (χ4n) is 1.20. The van der Waals surface area contributed by atoms with Crippen LogP contribution in [0.1, 0.15) is 19.8 Å². The molecule has 0 fully saturated rings. The van der Waals surface area contributed by atoms with Crippen molar-refractivity contribution in [3.63, 3.8) is 0 Å². The molecule has 3 nitrogen and oxygen atoms in total. The molecule has 1 N–H and O–H groups in total. The summed E-state index contributed by atoms with van der Waals surface area (Å²) < 4.78 is 4.97. The maximum Gasteiger partial charge on any atom is 0.310 e. The molecule has 15 heavy (non-hydrogen) atoms. The highest BCUT2D eigenvalue weighted by molar-refractivity contribution is 5.72. The van der Waals surface area contributed by atoms with E-state index in [1.807, 2.05) is 13.0 Å². The zero-order chi connectivity index (χ0) is 11.5. The van der Waals surface area contributed by atoms with E-state index in [-0.39, 0.29) is 11.9 Å². The van der Waals surface area contributed by atoms with E-state index in [4.69, 9.17) is 4.74 Å². The summed E-state index contributed by atoms with van der Waals surface area (Å²) in [7, 11) is 0. The largest absolute Gasteiger partial charge is 0.466 e. The molecule has 0 radical (unpaired) electrons. The first-order valence-corrected chi connectivity index (χ1v) is 5.35. The smallest absolute Gasteiger partial charge is 0.310 e. The molecule has 1 atom stereocenters. The molecule has 0 aliphatic heterocycles. The Morgan fingerprint density at radius 2 is 2.20 bits per heavy atom. The molecule has 1 unspecified atom stereocenters. The molecule has 86 valence electrons. The SMILES string of the molecule is C=CCCNCC(CC=C)C(=O)OCC. The second kappa shape index (κ2) is 9.46. The van der Waals surface area contributed by atoms with E-state index < -0.39 is 0 Å². The summed E-state index contributed by atoms with van der Waals surface area (Å²) in [6, 6.07) is 0. The van der Waals surface area contributed by atoms with Crippen LogP contribution >= 0.6 is 0 Å². The highest BCUT2D eigenvalue weighted by Crippen LogP contribution is 2.05. The fourth-order valence-corrected chi connectivity index (χ4v) is 1.20. The van der Waals surface area contributed by atoms with E-state index in [0.29, 0.717) is 19.6 Å². The lowest BCUT2D eigenvalue weighted by atomic mass is 10.1. The van der Waals surface area contributed by atoms with Crippen LogP contribution in [0.3, 0.4) is 0 Å². The third-order valence-electron chi connectivity index (χ3n) is 1.99. The summed E-state index contributed by atoms with van der Waals surface area (Å²) in [6.45, 7) is 11.0. The fraction of sp³-hybridized carbons (Fsp3) is 0.583. The van der Waals surface area contributed by atoms with Crippen LogP contribution in [-0.2, 0) is 9.53 Å². The van der Waals surface area contributed by atoms with Crippen LogP contribution in [0.5, 0.6) is 0 Å². The Labute approximate surface area is 92.2 Å². The summed E-state index contributed by atoms with van der Waals surface area (Å²) in [6.07, 6.45) is 5.15. The number of esters is 1. The predicted octanol–water partition coefficient (Wildman–Crippen LogP) is 1.91. The highest BCUT2D eigenvalue weighted by Gasteiger charge is 2.17. The molecule has 3 heteroatoms. The van der Waals surface area contributed by atoms with Crippen molar-refractivity contribution in [2.24, 2.45) is 5.92 Å². The normalized spacial score (nSPS) is 11.8. The standard InChI is InChI=1S/C12H21NO2/c1-4-7-9-13-10-11(8-5-2)12(14)15-6-3/h4-5,11,13H,1-2,6-10H2,3H3. The number of allylic oxidation sites excluding steroid dienone is 1. The van der Waals surface area contributed by atoms with Crippen molar-refractivity contribution >= 4 is 5.97 Å². The Bertz CT molecular complexity index is 202. The first-order valence-electron chi connectivity index (χ1n) is 5.35. The van der Waals surface area contributed by atoms with Crippen LogP contribution in [0.15, 0.2) is 25.3 Å². The summed E-state index contributed by atoms with van der Waals surface area (Å²) in [5.41, 5.74) is 0. The topological polar surface area (TPSA) is 38.3 Å². The monoisotopic (exact) mass is 211 g/mol. The van der Waals surface area contributed by atoms with Gasteiger partial charge in [0.05, 0.1) is 12.5 Å². The summed E-state index contributed by atoms with van der Waals surface area (Å²) >= 11 is 0. The Morgan fingerprint density at radius 3 is 2.73 bits per heavy atom. The van der Waals surface area contributed by atoms with Gasteiger partial charge in [-0.2, -0.15) is 0 Å². The minimum atomic E-state index is -0.150. The van der Waals surface area contributed by atoms with Crippen LogP contribution in [0, 0.1) is 5.92 Å². The number of carbonyl (C=O) groups excluding carboxylic acids is 1. The number of rotatable bonds is 9. The van der Waals surface area contributed by atoms with Gasteiger partial charge in [-0.05, 0) is 26.3 Å². The van der Waals surface area contributed by atoms with Crippen molar-refractivity contribution < 1.29 is 9.53 Å². The van der Waals surface area contributed by atoms with Crippen LogP contribution < -0.4 is 5.32 Å². The zero-order valence-corrected chi connectivity index (χ0v) is 9.50. The van der Waals surface area contributed by atoms with Crippen molar-refractivity contribution in [3.8, 4) is 0 Å². The first-order chi connectivity index (χ1) is 7.26. The van der Waals surface area contributed by atoms with Crippen molar-refractivity contribution in [1.82, 2.24) is 5.32 Å². The van der Waals surface area contributed by atoms with E-state index in [1.54, 1.807) is 6.08 Å². The molecule has 0 aliphatic carbocycles. The van der Waals surface area contributed by atoms with Gasteiger partial charge in [-0.15, -0.1) is 13.2 Å². The predicted molar refractivity (Wildman–Crippen MR) is 62.6 cm³/mol. The number of nitrogens with one attached hydrogen (secondary N) is 1. The van der Waals surface area contributed by atoms with Gasteiger partial charge in [0.25, 0.3) is 0 Å². The molecular formula is C12H21NO2. The van der Waals surface area contributed by atoms with Crippen molar-refractivity contribution in [1.29, 1.82) is 0 Å². The van der Waals surface area contributed by atoms with E-state index in [2.05, 4.69) is 18.5 Å². The van der Waals surface area contributed by atoms with Crippen LogP contribution in [0.4, 0.5) is 0 Å². The summed E-state index contributed by atoms with van der Waals surface area (Å²) in [4.78, 5) is 11.5. The first kappa shape index (κ1) is 13.9. The highest BCUT2D eigenvalue weighted by atomic mass is 16.5. The lowest BCUT2D eigenvalue weighted by Gasteiger charge is -2.14. The van der Waals surface area contributed by atoms with Crippen LogP contribution in [0.25, 0.3) is 0 Å². The Balaban J connectivity index is 3.86. The van der Waals surface area contributed by atoms with Gasteiger partial charge in [0, 0.05) is 6.54 Å². The molecule has 0 aliphatic rings. The molecule has 0 bridgehead atoms. The third kappa shape index (κ3) is 6.91. The average Bonchev–Trinajstić information content (AvgIpc) is 2.23. The minimum Gasteiger partial charge on any atom is -0.466 e. The van der Waals surface area contributed by atoms with Gasteiger partial charge in [-0.25, -0.2) is 0 Å². The molecule has 0 aromatic carbocycles. The number of carbonyl (C=O) groups is 1. The lowest BCUT2D eigenvalue weighted by Crippen LogP contribution is -2.30. The van der Waals surface area contributed by atoms with Crippen molar-refractivity contribution in [2.45, 2.75) is 19.8 Å². The van der Waals surface area contributed by atoms with Gasteiger partial charge in [0.1, 0.15) is 0 Å². The van der Waals surface area contributed by atoms with E-state index >= 15 is 0 Å². The summed E-state index contributed by atoms with van der Waals surface area (Å²) in [5, 5.41) is 3.19. The second-order valence-corrected chi connectivity index (χ2v) is 3.25.